The summed E-state index contributed by atoms with van der Waals surface area (Å²) in [6.07, 6.45) is 14.2. The zero-order valence-corrected chi connectivity index (χ0v) is 29.4. The van der Waals surface area contributed by atoms with E-state index in [1.54, 1.807) is 70.8 Å². The van der Waals surface area contributed by atoms with Gasteiger partial charge >= 0.3 is 0 Å². The first-order valence-electron chi connectivity index (χ1n) is 16.9. The van der Waals surface area contributed by atoms with Gasteiger partial charge in [-0.3, -0.25) is 29.1 Å². The Hall–Kier alpha value is -7.60. The maximum absolute atomic E-state index is 12.9. The van der Waals surface area contributed by atoms with Crippen molar-refractivity contribution in [3.8, 4) is 56.6 Å². The highest BCUT2D eigenvalue weighted by molar-refractivity contribution is 6.05. The molecule has 12 nitrogen and oxygen atoms in total. The molecular formula is C42H35N9O3. The molecule has 0 saturated heterocycles. The average Bonchev–Trinajstić information content (AvgIpc) is 3.84. The van der Waals surface area contributed by atoms with Crippen LogP contribution in [0.1, 0.15) is 10.4 Å². The number of anilines is 2. The van der Waals surface area contributed by atoms with Crippen LogP contribution < -0.4 is 20.5 Å². The molecule has 12 heteroatoms. The lowest BCUT2D eigenvalue weighted by atomic mass is 10.0. The van der Waals surface area contributed by atoms with Crippen LogP contribution in [0.3, 0.4) is 0 Å². The summed E-state index contributed by atoms with van der Waals surface area (Å²) in [5, 5.41) is 11.3. The third-order valence-corrected chi connectivity index (χ3v) is 8.01. The summed E-state index contributed by atoms with van der Waals surface area (Å²) < 4.78 is 15.3. The molecule has 3 aromatic carbocycles. The zero-order chi connectivity index (χ0) is 37.3. The van der Waals surface area contributed by atoms with Crippen LogP contribution in [-0.2, 0) is 14.1 Å². The number of nitrogens with one attached hydrogen (secondary N) is 1. The smallest absolute Gasteiger partial charge is 0.255 e. The zero-order valence-electron chi connectivity index (χ0n) is 29.4. The molecule has 266 valence electrons. The van der Waals surface area contributed by atoms with Crippen molar-refractivity contribution in [2.75, 3.05) is 11.1 Å². The third kappa shape index (κ3) is 9.00. The summed E-state index contributed by atoms with van der Waals surface area (Å²) in [5.41, 5.74) is 12.9. The molecule has 0 radical (unpaired) electrons. The number of nitrogens with two attached hydrogens (primary N) is 1. The minimum atomic E-state index is -0.203. The fourth-order valence-corrected chi connectivity index (χ4v) is 5.44. The van der Waals surface area contributed by atoms with Crippen LogP contribution in [-0.4, -0.2) is 40.4 Å². The molecule has 0 aliphatic rings. The van der Waals surface area contributed by atoms with Crippen molar-refractivity contribution in [2.45, 2.75) is 0 Å². The molecule has 3 N–H and O–H groups in total. The number of rotatable bonds is 9. The largest absolute Gasteiger partial charge is 0.457 e. The fraction of sp³-hybridized carbons (Fsp3) is 0.0476. The highest BCUT2D eigenvalue weighted by atomic mass is 16.5. The number of nitrogen functional groups attached to an aromatic ring is 1. The van der Waals surface area contributed by atoms with Crippen molar-refractivity contribution in [2.24, 2.45) is 14.1 Å². The van der Waals surface area contributed by atoms with E-state index in [0.717, 1.165) is 33.6 Å². The Morgan fingerprint density at radius 2 is 1.19 bits per heavy atom. The monoisotopic (exact) mass is 713 g/mol. The summed E-state index contributed by atoms with van der Waals surface area (Å²) in [7, 11) is 3.73. The molecule has 0 bridgehead atoms. The van der Waals surface area contributed by atoms with Gasteiger partial charge in [-0.15, -0.1) is 0 Å². The molecule has 8 rings (SSSR count). The minimum absolute atomic E-state index is 0.203. The maximum atomic E-state index is 12.9. The quantitative estimate of drug-likeness (QED) is 0.141. The van der Waals surface area contributed by atoms with Gasteiger partial charge in [0.2, 0.25) is 0 Å². The van der Waals surface area contributed by atoms with Crippen molar-refractivity contribution in [1.82, 2.24) is 34.5 Å². The summed E-state index contributed by atoms with van der Waals surface area (Å²) in [5.74, 6) is 2.45. The van der Waals surface area contributed by atoms with Crippen molar-refractivity contribution in [1.29, 1.82) is 0 Å². The SMILES string of the molecule is Cn1cc(-c2cc(Oc3cccc(N)c3)ccn2)cn1.Cn1cc(-c2cc(Oc3cccc(NC(=O)c4cccc(-c5cccnc5)c4)c3)ccn2)cn1. The third-order valence-electron chi connectivity index (χ3n) is 8.01. The van der Waals surface area contributed by atoms with Crippen LogP contribution in [0.2, 0.25) is 0 Å². The summed E-state index contributed by atoms with van der Waals surface area (Å²) in [4.78, 5) is 25.7. The number of carbonyl (C=O) groups is 1. The predicted molar refractivity (Wildman–Crippen MR) is 208 cm³/mol. The summed E-state index contributed by atoms with van der Waals surface area (Å²) in [6, 6.07) is 33.2. The second-order valence-electron chi connectivity index (χ2n) is 12.1. The van der Waals surface area contributed by atoms with Crippen LogP contribution in [0.5, 0.6) is 23.0 Å². The van der Waals surface area contributed by atoms with Gasteiger partial charge in [-0.1, -0.05) is 30.3 Å². The van der Waals surface area contributed by atoms with Crippen LogP contribution in [0, 0.1) is 0 Å². The first-order valence-corrected chi connectivity index (χ1v) is 16.9. The molecule has 5 aromatic heterocycles. The van der Waals surface area contributed by atoms with Crippen molar-refractivity contribution in [3.05, 3.63) is 164 Å². The molecule has 1 amide bonds. The molecule has 0 atom stereocenters. The summed E-state index contributed by atoms with van der Waals surface area (Å²) in [6.45, 7) is 0. The van der Waals surface area contributed by atoms with E-state index in [-0.39, 0.29) is 5.91 Å². The van der Waals surface area contributed by atoms with Gasteiger partial charge in [0.25, 0.3) is 5.91 Å². The van der Waals surface area contributed by atoms with E-state index in [4.69, 9.17) is 15.2 Å². The standard InChI is InChI=1S/C27H21N5O2.C15H14N4O/c1-32-18-22(17-30-32)26-15-25(10-12-29-26)34-24-9-3-8-23(14-24)31-27(33)20-6-2-5-19(13-20)21-7-4-11-28-16-21;1-19-10-11(9-18-19)15-8-14(5-6-17-15)20-13-4-2-3-12(16)7-13/h2-18H,1H3,(H,31,33);2-10H,16H2,1H3. The molecular weight excluding hydrogens is 679 g/mol. The Kier molecular flexibility index (Phi) is 10.4. The maximum Gasteiger partial charge on any atom is 0.255 e. The molecule has 54 heavy (non-hydrogen) atoms. The van der Waals surface area contributed by atoms with Gasteiger partial charge in [0.1, 0.15) is 23.0 Å². The highest BCUT2D eigenvalue weighted by Crippen LogP contribution is 2.29. The van der Waals surface area contributed by atoms with Gasteiger partial charge in [0.15, 0.2) is 0 Å². The Morgan fingerprint density at radius 3 is 1.78 bits per heavy atom. The Labute approximate surface area is 311 Å². The molecule has 0 saturated carbocycles. The number of pyridine rings is 3. The normalized spacial score (nSPS) is 10.6. The number of hydrogen-bond donors (Lipinski definition) is 2. The van der Waals surface area contributed by atoms with Gasteiger partial charge in [0, 0.05) is 109 Å². The van der Waals surface area contributed by atoms with Gasteiger partial charge < -0.3 is 20.5 Å². The number of carbonyl (C=O) groups excluding carboxylic acids is 1. The molecule has 0 aliphatic heterocycles. The van der Waals surface area contributed by atoms with E-state index in [0.29, 0.717) is 39.9 Å². The second-order valence-corrected chi connectivity index (χ2v) is 12.1. The molecule has 0 spiro atoms. The fourth-order valence-electron chi connectivity index (χ4n) is 5.44. The van der Waals surface area contributed by atoms with Crippen molar-refractivity contribution < 1.29 is 14.3 Å². The molecule has 0 aliphatic carbocycles. The highest BCUT2D eigenvalue weighted by Gasteiger charge is 2.10. The molecule has 8 aromatic rings. The lowest BCUT2D eigenvalue weighted by Gasteiger charge is -2.10. The van der Waals surface area contributed by atoms with E-state index in [1.165, 1.54) is 0 Å². The first kappa shape index (κ1) is 34.8. The van der Waals surface area contributed by atoms with E-state index in [2.05, 4.69) is 30.5 Å². The van der Waals surface area contributed by atoms with Gasteiger partial charge in [-0.05, 0) is 60.2 Å². The average molecular weight is 714 g/mol. The van der Waals surface area contributed by atoms with Crippen molar-refractivity contribution in [3.63, 3.8) is 0 Å². The lowest BCUT2D eigenvalue weighted by molar-refractivity contribution is 0.102. The van der Waals surface area contributed by atoms with Crippen LogP contribution in [0.25, 0.3) is 33.6 Å². The number of aromatic nitrogens is 7. The first-order chi connectivity index (χ1) is 26.3. The van der Waals surface area contributed by atoms with E-state index < -0.39 is 0 Å². The number of amides is 1. The molecule has 0 unspecified atom stereocenters. The van der Waals surface area contributed by atoms with Gasteiger partial charge in [-0.25, -0.2) is 0 Å². The van der Waals surface area contributed by atoms with Crippen LogP contribution >= 0.6 is 0 Å². The number of nitrogens with zero attached hydrogens (tertiary/aromatic N) is 7. The van der Waals surface area contributed by atoms with E-state index in [9.17, 15) is 4.79 Å². The topological polar surface area (TPSA) is 148 Å². The summed E-state index contributed by atoms with van der Waals surface area (Å²) >= 11 is 0. The van der Waals surface area contributed by atoms with Crippen LogP contribution in [0.4, 0.5) is 11.4 Å². The lowest BCUT2D eigenvalue weighted by Crippen LogP contribution is -2.11. The second kappa shape index (κ2) is 16.2. The number of aryl methyl sites for hydroxylation is 2. The van der Waals surface area contributed by atoms with E-state index >= 15 is 0 Å². The Bertz CT molecular complexity index is 2510. The van der Waals surface area contributed by atoms with Crippen molar-refractivity contribution >= 4 is 17.3 Å². The minimum Gasteiger partial charge on any atom is -0.457 e. The Balaban J connectivity index is 0.000000191. The molecule has 5 heterocycles. The predicted octanol–water partition coefficient (Wildman–Crippen LogP) is 8.45. The number of benzene rings is 3. The molecule has 0 fully saturated rings. The number of ether oxygens (including phenoxy) is 2. The van der Waals surface area contributed by atoms with Gasteiger partial charge in [-0.2, -0.15) is 10.2 Å². The Morgan fingerprint density at radius 1 is 0.593 bits per heavy atom. The van der Waals surface area contributed by atoms with Gasteiger partial charge in [0.05, 0.1) is 23.8 Å². The number of hydrogen-bond acceptors (Lipinski definition) is 9. The van der Waals surface area contributed by atoms with E-state index in [1.807, 2.05) is 111 Å². The van der Waals surface area contributed by atoms with Crippen LogP contribution in [0.15, 0.2) is 159 Å².